The van der Waals surface area contributed by atoms with Crippen LogP contribution < -0.4 is 0 Å². The van der Waals surface area contributed by atoms with E-state index < -0.39 is 0 Å². The average Bonchev–Trinajstić information content (AvgIpc) is 1.67. The van der Waals surface area contributed by atoms with E-state index in [9.17, 15) is 0 Å². The second-order valence-corrected chi connectivity index (χ2v) is 2.05. The van der Waals surface area contributed by atoms with Crippen LogP contribution in [0.4, 0.5) is 0 Å². The van der Waals surface area contributed by atoms with Crippen LogP contribution in [0.1, 0.15) is 20.8 Å². The number of rotatable bonds is 2. The summed E-state index contributed by atoms with van der Waals surface area (Å²) in [6, 6.07) is 0. The van der Waals surface area contributed by atoms with Crippen LogP contribution in [0.5, 0.6) is 0 Å². The van der Waals surface area contributed by atoms with Gasteiger partial charge in [-0.3, -0.25) is 5.26 Å². The zero-order valence-corrected chi connectivity index (χ0v) is 5.56. The summed E-state index contributed by atoms with van der Waals surface area (Å²) in [5.41, 5.74) is 2.27. The van der Waals surface area contributed by atoms with Gasteiger partial charge in [-0.05, 0) is 26.3 Å². The molecule has 0 saturated carbocycles. The Bertz CT molecular complexity index is 90.7. The largest absolute Gasteiger partial charge is 0.251 e. The Morgan fingerprint density at radius 3 is 2.00 bits per heavy atom. The van der Waals surface area contributed by atoms with Crippen molar-refractivity contribution in [1.29, 1.82) is 0 Å². The van der Waals surface area contributed by atoms with Crippen molar-refractivity contribution in [3.8, 4) is 0 Å². The number of allylic oxidation sites excluding steroid dienone is 1. The van der Waals surface area contributed by atoms with E-state index in [1.807, 2.05) is 20.8 Å². The fourth-order valence-electron chi connectivity index (χ4n) is 0.241. The van der Waals surface area contributed by atoms with E-state index in [1.54, 1.807) is 0 Å². The van der Waals surface area contributed by atoms with Crippen LogP contribution in [0.25, 0.3) is 0 Å². The van der Waals surface area contributed by atoms with Gasteiger partial charge in [0.05, 0.1) is 0 Å². The minimum absolute atomic E-state index is 0.322. The predicted octanol–water partition coefficient (Wildman–Crippen LogP) is 1.83. The molecule has 0 unspecified atom stereocenters. The predicted molar refractivity (Wildman–Crippen MR) is 32.6 cm³/mol. The molecule has 1 N–H and O–H groups in total. The van der Waals surface area contributed by atoms with Gasteiger partial charge in [-0.1, -0.05) is 5.57 Å². The normalized spacial score (nSPS) is 9.00. The lowest BCUT2D eigenvalue weighted by Crippen LogP contribution is -1.91. The first-order chi connectivity index (χ1) is 3.68. The van der Waals surface area contributed by atoms with Crippen molar-refractivity contribution in [3.05, 3.63) is 11.1 Å². The van der Waals surface area contributed by atoms with E-state index in [0.29, 0.717) is 6.61 Å². The maximum Gasteiger partial charge on any atom is 0.103 e. The summed E-state index contributed by atoms with van der Waals surface area (Å²) in [6.07, 6.45) is 0. The third-order valence-electron chi connectivity index (χ3n) is 1.13. The molecule has 0 aliphatic carbocycles. The van der Waals surface area contributed by atoms with E-state index in [0.717, 1.165) is 5.57 Å². The maximum atomic E-state index is 7.95. The third-order valence-corrected chi connectivity index (χ3v) is 1.13. The standard InChI is InChI=1S/C6H12O2/c1-5(2)6(3)4-8-7/h7H,4H2,1-3H3. The van der Waals surface area contributed by atoms with Gasteiger partial charge in [-0.25, -0.2) is 4.89 Å². The second kappa shape index (κ2) is 3.64. The molecule has 0 rings (SSSR count). The molecule has 0 aromatic heterocycles. The van der Waals surface area contributed by atoms with Gasteiger partial charge in [0, 0.05) is 0 Å². The first-order valence-corrected chi connectivity index (χ1v) is 2.57. The van der Waals surface area contributed by atoms with Gasteiger partial charge in [-0.2, -0.15) is 0 Å². The second-order valence-electron chi connectivity index (χ2n) is 2.05. The molecule has 0 aromatic rings. The zero-order chi connectivity index (χ0) is 6.57. The van der Waals surface area contributed by atoms with Gasteiger partial charge in [0.1, 0.15) is 6.61 Å². The van der Waals surface area contributed by atoms with Gasteiger partial charge in [0.2, 0.25) is 0 Å². The lowest BCUT2D eigenvalue weighted by atomic mass is 10.2. The molecule has 0 amide bonds. The molecule has 0 bridgehead atoms. The Labute approximate surface area is 49.7 Å². The van der Waals surface area contributed by atoms with Crippen molar-refractivity contribution in [1.82, 2.24) is 0 Å². The fourth-order valence-corrected chi connectivity index (χ4v) is 0.241. The first kappa shape index (κ1) is 7.66. The van der Waals surface area contributed by atoms with Crippen LogP contribution in [0, 0.1) is 0 Å². The molecular formula is C6H12O2. The molecule has 0 aromatic carbocycles. The van der Waals surface area contributed by atoms with Crippen LogP contribution >= 0.6 is 0 Å². The minimum Gasteiger partial charge on any atom is -0.251 e. The van der Waals surface area contributed by atoms with Gasteiger partial charge >= 0.3 is 0 Å². The van der Waals surface area contributed by atoms with Crippen LogP contribution in [-0.4, -0.2) is 11.9 Å². The molecule has 0 atom stereocenters. The van der Waals surface area contributed by atoms with E-state index >= 15 is 0 Å². The summed E-state index contributed by atoms with van der Waals surface area (Å²) in [7, 11) is 0. The number of hydrogen-bond donors (Lipinski definition) is 1. The van der Waals surface area contributed by atoms with Crippen LogP contribution in [-0.2, 0) is 4.89 Å². The summed E-state index contributed by atoms with van der Waals surface area (Å²) >= 11 is 0. The molecule has 8 heavy (non-hydrogen) atoms. The monoisotopic (exact) mass is 116 g/mol. The molecule has 2 heteroatoms. The molecule has 0 saturated heterocycles. The highest BCUT2D eigenvalue weighted by atomic mass is 17.1. The SMILES string of the molecule is CC(C)=C(C)COO. The topological polar surface area (TPSA) is 29.5 Å². The smallest absolute Gasteiger partial charge is 0.103 e. The quantitative estimate of drug-likeness (QED) is 0.339. The Kier molecular flexibility index (Phi) is 3.48. The fraction of sp³-hybridized carbons (Fsp3) is 0.667. The highest BCUT2D eigenvalue weighted by Crippen LogP contribution is 2.00. The van der Waals surface area contributed by atoms with Crippen molar-refractivity contribution in [3.63, 3.8) is 0 Å². The average molecular weight is 116 g/mol. The molecule has 0 aliphatic heterocycles. The lowest BCUT2D eigenvalue weighted by molar-refractivity contribution is -0.234. The third kappa shape index (κ3) is 2.77. The van der Waals surface area contributed by atoms with Crippen molar-refractivity contribution in [2.24, 2.45) is 0 Å². The van der Waals surface area contributed by atoms with Crippen molar-refractivity contribution >= 4 is 0 Å². The first-order valence-electron chi connectivity index (χ1n) is 2.57. The van der Waals surface area contributed by atoms with Crippen LogP contribution in [0.2, 0.25) is 0 Å². The molecule has 48 valence electrons. The highest BCUT2D eigenvalue weighted by molar-refractivity contribution is 5.06. The van der Waals surface area contributed by atoms with Crippen molar-refractivity contribution < 1.29 is 10.1 Å². The molecule has 0 radical (unpaired) electrons. The summed E-state index contributed by atoms with van der Waals surface area (Å²) in [5.74, 6) is 0. The summed E-state index contributed by atoms with van der Waals surface area (Å²) in [5, 5.41) is 7.95. The van der Waals surface area contributed by atoms with Gasteiger partial charge in [0.25, 0.3) is 0 Å². The van der Waals surface area contributed by atoms with Gasteiger partial charge < -0.3 is 0 Å². The van der Waals surface area contributed by atoms with Gasteiger partial charge in [0.15, 0.2) is 0 Å². The minimum atomic E-state index is 0.322. The van der Waals surface area contributed by atoms with E-state index in [1.165, 1.54) is 5.57 Å². The lowest BCUT2D eigenvalue weighted by Gasteiger charge is -1.97. The van der Waals surface area contributed by atoms with Crippen molar-refractivity contribution in [2.45, 2.75) is 20.8 Å². The maximum absolute atomic E-state index is 7.95. The molecule has 0 spiro atoms. The molecule has 2 nitrogen and oxygen atoms in total. The summed E-state index contributed by atoms with van der Waals surface area (Å²) in [6.45, 7) is 6.20. The van der Waals surface area contributed by atoms with Crippen LogP contribution in [0.15, 0.2) is 11.1 Å². The van der Waals surface area contributed by atoms with Crippen molar-refractivity contribution in [2.75, 3.05) is 6.61 Å². The van der Waals surface area contributed by atoms with E-state index in [2.05, 4.69) is 4.89 Å². The Balaban J connectivity index is 3.62. The highest BCUT2D eigenvalue weighted by Gasteiger charge is 1.88. The molecule has 0 aliphatic rings. The zero-order valence-electron chi connectivity index (χ0n) is 5.56. The van der Waals surface area contributed by atoms with Gasteiger partial charge in [-0.15, -0.1) is 0 Å². The molecule has 0 heterocycles. The van der Waals surface area contributed by atoms with Crippen LogP contribution in [0.3, 0.4) is 0 Å². The molecular weight excluding hydrogens is 104 g/mol. The number of hydrogen-bond acceptors (Lipinski definition) is 2. The molecule has 0 fully saturated rings. The Hall–Kier alpha value is -0.340. The Morgan fingerprint density at radius 2 is 1.88 bits per heavy atom. The summed E-state index contributed by atoms with van der Waals surface area (Å²) < 4.78 is 0. The van der Waals surface area contributed by atoms with E-state index in [4.69, 9.17) is 5.26 Å². The summed E-state index contributed by atoms with van der Waals surface area (Å²) in [4.78, 5) is 3.91. The van der Waals surface area contributed by atoms with E-state index in [-0.39, 0.29) is 0 Å². The Morgan fingerprint density at radius 1 is 1.38 bits per heavy atom.